The van der Waals surface area contributed by atoms with E-state index >= 15 is 0 Å². The average Bonchev–Trinajstić information content (AvgIpc) is 3.19. The van der Waals surface area contributed by atoms with E-state index in [1.54, 1.807) is 11.3 Å². The molecule has 0 fully saturated rings. The van der Waals surface area contributed by atoms with Crippen molar-refractivity contribution < 1.29 is 4.79 Å². The van der Waals surface area contributed by atoms with Crippen molar-refractivity contribution in [2.24, 2.45) is 0 Å². The van der Waals surface area contributed by atoms with E-state index in [0.717, 1.165) is 27.8 Å². The summed E-state index contributed by atoms with van der Waals surface area (Å²) in [5, 5.41) is 10.5. The topological polar surface area (TPSA) is 59.8 Å². The number of rotatable bonds is 5. The van der Waals surface area contributed by atoms with Gasteiger partial charge in [-0.25, -0.2) is 9.67 Å². The van der Waals surface area contributed by atoms with Crippen molar-refractivity contribution in [3.05, 3.63) is 63.4 Å². The van der Waals surface area contributed by atoms with E-state index in [1.807, 2.05) is 54.2 Å². The molecule has 6 heteroatoms. The van der Waals surface area contributed by atoms with Gasteiger partial charge in [0.25, 0.3) is 5.91 Å². The Balaban J connectivity index is 1.65. The highest BCUT2D eigenvalue weighted by Crippen LogP contribution is 2.19. The van der Waals surface area contributed by atoms with Crippen molar-refractivity contribution in [3.8, 4) is 5.69 Å². The summed E-state index contributed by atoms with van der Waals surface area (Å²) in [6, 6.07) is 9.49. The number of nitrogens with zero attached hydrogens (tertiary/aromatic N) is 3. The average molecular weight is 354 g/mol. The largest absolute Gasteiger partial charge is 0.346 e. The number of nitrogens with one attached hydrogen (secondary N) is 1. The minimum atomic E-state index is -0.0981. The van der Waals surface area contributed by atoms with E-state index in [4.69, 9.17) is 0 Å². The zero-order chi connectivity index (χ0) is 18.0. The number of benzene rings is 1. The van der Waals surface area contributed by atoms with Gasteiger partial charge in [0.05, 0.1) is 28.6 Å². The van der Waals surface area contributed by atoms with Crippen LogP contribution in [0.5, 0.6) is 0 Å². The van der Waals surface area contributed by atoms with E-state index in [-0.39, 0.29) is 5.91 Å². The first-order valence-electron chi connectivity index (χ1n) is 8.30. The normalized spacial score (nSPS) is 11.1. The number of hydrogen-bond acceptors (Lipinski definition) is 4. The summed E-state index contributed by atoms with van der Waals surface area (Å²) in [6.07, 6.45) is 0. The van der Waals surface area contributed by atoms with Crippen LogP contribution in [0.2, 0.25) is 0 Å². The molecule has 2 aromatic heterocycles. The lowest BCUT2D eigenvalue weighted by atomic mass is 10.2. The first-order chi connectivity index (χ1) is 11.9. The number of carbonyl (C=O) groups is 1. The Bertz CT molecular complexity index is 877. The van der Waals surface area contributed by atoms with Crippen molar-refractivity contribution in [1.82, 2.24) is 20.1 Å². The Morgan fingerprint density at radius 1 is 1.24 bits per heavy atom. The molecule has 0 unspecified atom stereocenters. The molecule has 130 valence electrons. The number of amides is 1. The van der Waals surface area contributed by atoms with Crippen LogP contribution in [0.4, 0.5) is 0 Å². The van der Waals surface area contributed by atoms with Gasteiger partial charge < -0.3 is 5.32 Å². The molecule has 2 heterocycles. The van der Waals surface area contributed by atoms with Crippen LogP contribution in [-0.4, -0.2) is 20.7 Å². The molecule has 1 aromatic carbocycles. The summed E-state index contributed by atoms with van der Waals surface area (Å²) in [6.45, 7) is 8.66. The van der Waals surface area contributed by atoms with Gasteiger partial charge in [-0.1, -0.05) is 13.8 Å². The van der Waals surface area contributed by atoms with Crippen molar-refractivity contribution in [2.45, 2.75) is 40.2 Å². The number of aromatic nitrogens is 3. The molecule has 0 radical (unpaired) electrons. The highest BCUT2D eigenvalue weighted by atomic mass is 32.1. The van der Waals surface area contributed by atoms with E-state index in [2.05, 4.69) is 29.2 Å². The van der Waals surface area contributed by atoms with Gasteiger partial charge in [-0.3, -0.25) is 4.79 Å². The van der Waals surface area contributed by atoms with Gasteiger partial charge in [0.1, 0.15) is 0 Å². The van der Waals surface area contributed by atoms with Crippen LogP contribution in [0, 0.1) is 13.8 Å². The molecule has 0 aliphatic heterocycles. The van der Waals surface area contributed by atoms with Crippen LogP contribution in [0.1, 0.15) is 52.2 Å². The van der Waals surface area contributed by atoms with E-state index in [9.17, 15) is 4.79 Å². The van der Waals surface area contributed by atoms with Crippen LogP contribution in [0.3, 0.4) is 0 Å². The molecule has 1 amide bonds. The molecular weight excluding hydrogens is 332 g/mol. The second-order valence-electron chi connectivity index (χ2n) is 6.40. The number of aryl methyl sites for hydroxylation is 2. The highest BCUT2D eigenvalue weighted by Gasteiger charge is 2.10. The van der Waals surface area contributed by atoms with E-state index in [1.165, 1.54) is 0 Å². The first kappa shape index (κ1) is 17.4. The Labute approximate surface area is 151 Å². The Morgan fingerprint density at radius 2 is 1.96 bits per heavy atom. The van der Waals surface area contributed by atoms with E-state index in [0.29, 0.717) is 18.0 Å². The smallest absolute Gasteiger partial charge is 0.251 e. The van der Waals surface area contributed by atoms with Crippen molar-refractivity contribution >= 4 is 17.2 Å². The summed E-state index contributed by atoms with van der Waals surface area (Å²) < 4.78 is 1.87. The zero-order valence-corrected chi connectivity index (χ0v) is 15.7. The van der Waals surface area contributed by atoms with Crippen LogP contribution in [-0.2, 0) is 6.54 Å². The molecular formula is C19H22N4OS. The minimum Gasteiger partial charge on any atom is -0.346 e. The van der Waals surface area contributed by atoms with Crippen LogP contribution >= 0.6 is 11.3 Å². The molecule has 0 aliphatic rings. The zero-order valence-electron chi connectivity index (χ0n) is 14.9. The lowest BCUT2D eigenvalue weighted by Gasteiger charge is -2.07. The number of carbonyl (C=O) groups excluding carboxylic acids is 1. The predicted molar refractivity (Wildman–Crippen MR) is 100 cm³/mol. The molecule has 0 bridgehead atoms. The second kappa shape index (κ2) is 7.19. The maximum atomic E-state index is 12.3. The Kier molecular flexibility index (Phi) is 4.99. The Hall–Kier alpha value is -2.47. The highest BCUT2D eigenvalue weighted by molar-refractivity contribution is 7.09. The molecule has 0 saturated heterocycles. The monoisotopic (exact) mass is 354 g/mol. The molecule has 1 N–H and O–H groups in total. The quantitative estimate of drug-likeness (QED) is 0.753. The third-order valence-electron chi connectivity index (χ3n) is 3.88. The van der Waals surface area contributed by atoms with Gasteiger partial charge in [0, 0.05) is 22.6 Å². The molecule has 5 nitrogen and oxygen atoms in total. The lowest BCUT2D eigenvalue weighted by molar-refractivity contribution is 0.0950. The molecule has 3 rings (SSSR count). The third kappa shape index (κ3) is 3.96. The van der Waals surface area contributed by atoms with Gasteiger partial charge in [0.2, 0.25) is 0 Å². The summed E-state index contributed by atoms with van der Waals surface area (Å²) in [4.78, 5) is 16.9. The van der Waals surface area contributed by atoms with Gasteiger partial charge in [-0.2, -0.15) is 5.10 Å². The molecule has 3 aromatic rings. The van der Waals surface area contributed by atoms with Gasteiger partial charge in [-0.05, 0) is 44.2 Å². The fourth-order valence-corrected chi connectivity index (χ4v) is 3.42. The van der Waals surface area contributed by atoms with Gasteiger partial charge in [0.15, 0.2) is 0 Å². The minimum absolute atomic E-state index is 0.0981. The number of hydrogen-bond donors (Lipinski definition) is 1. The maximum absolute atomic E-state index is 12.3. The standard InChI is InChI=1S/C19H22N4OS/c1-12(2)19-21-16(11-25-19)10-20-18(24)15-5-7-17(8-6-15)23-14(4)9-13(3)22-23/h5-9,11-12H,10H2,1-4H3,(H,20,24). The van der Waals surface area contributed by atoms with Crippen LogP contribution < -0.4 is 5.32 Å². The van der Waals surface area contributed by atoms with Gasteiger partial charge >= 0.3 is 0 Å². The Morgan fingerprint density at radius 3 is 2.52 bits per heavy atom. The van der Waals surface area contributed by atoms with Crippen molar-refractivity contribution in [1.29, 1.82) is 0 Å². The molecule has 0 atom stereocenters. The summed E-state index contributed by atoms with van der Waals surface area (Å²) in [5.74, 6) is 0.315. The van der Waals surface area contributed by atoms with Crippen LogP contribution in [0.15, 0.2) is 35.7 Å². The molecule has 0 aliphatic carbocycles. The fourth-order valence-electron chi connectivity index (χ4n) is 2.59. The summed E-state index contributed by atoms with van der Waals surface area (Å²) >= 11 is 1.64. The predicted octanol–water partition coefficient (Wildman–Crippen LogP) is 4.00. The molecule has 25 heavy (non-hydrogen) atoms. The first-order valence-corrected chi connectivity index (χ1v) is 9.18. The third-order valence-corrected chi connectivity index (χ3v) is 5.07. The fraction of sp³-hybridized carbons (Fsp3) is 0.316. The summed E-state index contributed by atoms with van der Waals surface area (Å²) in [7, 11) is 0. The number of thiazole rings is 1. The van der Waals surface area contributed by atoms with Crippen molar-refractivity contribution in [3.63, 3.8) is 0 Å². The molecule has 0 spiro atoms. The second-order valence-corrected chi connectivity index (χ2v) is 7.29. The SMILES string of the molecule is Cc1cc(C)n(-c2ccc(C(=O)NCc3csc(C(C)C)n3)cc2)n1. The molecule has 0 saturated carbocycles. The van der Waals surface area contributed by atoms with Gasteiger partial charge in [-0.15, -0.1) is 11.3 Å². The summed E-state index contributed by atoms with van der Waals surface area (Å²) in [5.41, 5.74) is 4.52. The van der Waals surface area contributed by atoms with Crippen molar-refractivity contribution in [2.75, 3.05) is 0 Å². The van der Waals surface area contributed by atoms with Crippen LogP contribution in [0.25, 0.3) is 5.69 Å². The van der Waals surface area contributed by atoms with E-state index < -0.39 is 0 Å². The lowest BCUT2D eigenvalue weighted by Crippen LogP contribution is -2.23. The maximum Gasteiger partial charge on any atom is 0.251 e.